The molecule has 0 unspecified atom stereocenters. The number of ether oxygens (including phenoxy) is 2. The highest BCUT2D eigenvalue weighted by molar-refractivity contribution is 5.97. The number of ketones is 1. The Bertz CT molecular complexity index is 350. The van der Waals surface area contributed by atoms with E-state index in [9.17, 15) is 4.79 Å². The van der Waals surface area contributed by atoms with Gasteiger partial charge in [0.25, 0.3) is 0 Å². The molecule has 0 aliphatic heterocycles. The van der Waals surface area contributed by atoms with Crippen LogP contribution >= 0.6 is 0 Å². The Kier molecular flexibility index (Phi) is 4.12. The molecule has 0 saturated carbocycles. The molecule has 0 heterocycles. The lowest BCUT2D eigenvalue weighted by molar-refractivity contribution is 0.100. The van der Waals surface area contributed by atoms with Gasteiger partial charge in [-0.05, 0) is 25.1 Å². The number of hydrogen-bond acceptors (Lipinski definition) is 4. The molecule has 0 saturated heterocycles. The minimum absolute atomic E-state index is 0.0604. The zero-order valence-corrected chi connectivity index (χ0v) is 8.95. The first-order chi connectivity index (χ1) is 7.15. The number of rotatable bonds is 5. The van der Waals surface area contributed by atoms with Crippen LogP contribution in [0.1, 0.15) is 17.3 Å². The SMILES string of the molecule is COCCOc1ccc(N)cc1C(C)=O. The number of methoxy groups -OCH3 is 1. The Morgan fingerprint density at radius 1 is 1.40 bits per heavy atom. The molecule has 0 amide bonds. The molecule has 2 N–H and O–H groups in total. The van der Waals surface area contributed by atoms with Gasteiger partial charge in [-0.25, -0.2) is 0 Å². The molecule has 1 aromatic carbocycles. The first kappa shape index (κ1) is 11.5. The number of nitrogen functional groups attached to an aromatic ring is 1. The predicted octanol–water partition coefficient (Wildman–Crippen LogP) is 1.50. The van der Waals surface area contributed by atoms with E-state index < -0.39 is 0 Å². The number of anilines is 1. The maximum atomic E-state index is 11.3. The fraction of sp³-hybridized carbons (Fsp3) is 0.364. The summed E-state index contributed by atoms with van der Waals surface area (Å²) >= 11 is 0. The van der Waals surface area contributed by atoms with Gasteiger partial charge in [-0.15, -0.1) is 0 Å². The van der Waals surface area contributed by atoms with Crippen LogP contribution in [0.4, 0.5) is 5.69 Å². The van der Waals surface area contributed by atoms with Crippen molar-refractivity contribution in [3.63, 3.8) is 0 Å². The Morgan fingerprint density at radius 3 is 2.73 bits per heavy atom. The van der Waals surface area contributed by atoms with E-state index in [0.717, 1.165) is 0 Å². The summed E-state index contributed by atoms with van der Waals surface area (Å²) in [4.78, 5) is 11.3. The molecule has 0 aliphatic rings. The van der Waals surface area contributed by atoms with Gasteiger partial charge in [0.2, 0.25) is 0 Å². The van der Waals surface area contributed by atoms with Crippen LogP contribution in [0.15, 0.2) is 18.2 Å². The van der Waals surface area contributed by atoms with Gasteiger partial charge in [0.05, 0.1) is 12.2 Å². The largest absolute Gasteiger partial charge is 0.490 e. The second-order valence-electron chi connectivity index (χ2n) is 3.15. The summed E-state index contributed by atoms with van der Waals surface area (Å²) < 4.78 is 10.2. The molecular weight excluding hydrogens is 194 g/mol. The van der Waals surface area contributed by atoms with Crippen molar-refractivity contribution >= 4 is 11.5 Å². The lowest BCUT2D eigenvalue weighted by atomic mass is 10.1. The van der Waals surface area contributed by atoms with Gasteiger partial charge < -0.3 is 15.2 Å². The van der Waals surface area contributed by atoms with Crippen LogP contribution in [0, 0.1) is 0 Å². The van der Waals surface area contributed by atoms with Gasteiger partial charge in [0.1, 0.15) is 12.4 Å². The number of benzene rings is 1. The van der Waals surface area contributed by atoms with Crippen LogP contribution in [-0.4, -0.2) is 26.1 Å². The van der Waals surface area contributed by atoms with E-state index in [0.29, 0.717) is 30.2 Å². The first-order valence-electron chi connectivity index (χ1n) is 4.67. The topological polar surface area (TPSA) is 61.6 Å². The predicted molar refractivity (Wildman–Crippen MR) is 58.2 cm³/mol. The van der Waals surface area contributed by atoms with Crippen molar-refractivity contribution in [1.29, 1.82) is 0 Å². The first-order valence-corrected chi connectivity index (χ1v) is 4.67. The monoisotopic (exact) mass is 209 g/mol. The molecule has 0 radical (unpaired) electrons. The summed E-state index contributed by atoms with van der Waals surface area (Å²) in [5.41, 5.74) is 6.65. The van der Waals surface area contributed by atoms with Crippen molar-refractivity contribution < 1.29 is 14.3 Å². The highest BCUT2D eigenvalue weighted by Gasteiger charge is 2.08. The van der Waals surface area contributed by atoms with Crippen LogP contribution in [0.3, 0.4) is 0 Å². The third-order valence-corrected chi connectivity index (χ3v) is 1.93. The zero-order valence-electron chi connectivity index (χ0n) is 8.95. The van der Waals surface area contributed by atoms with Crippen molar-refractivity contribution in [2.45, 2.75) is 6.92 Å². The maximum Gasteiger partial charge on any atom is 0.163 e. The summed E-state index contributed by atoms with van der Waals surface area (Å²) in [5, 5.41) is 0. The Hall–Kier alpha value is -1.55. The molecule has 1 aromatic rings. The highest BCUT2D eigenvalue weighted by Crippen LogP contribution is 2.21. The van der Waals surface area contributed by atoms with Crippen molar-refractivity contribution in [2.24, 2.45) is 0 Å². The summed E-state index contributed by atoms with van der Waals surface area (Å²) in [5.74, 6) is 0.489. The molecule has 0 fully saturated rings. The van der Waals surface area contributed by atoms with Crippen LogP contribution in [0.2, 0.25) is 0 Å². The number of carbonyl (C=O) groups excluding carboxylic acids is 1. The summed E-state index contributed by atoms with van der Waals surface area (Å²) in [6.07, 6.45) is 0. The van der Waals surface area contributed by atoms with E-state index in [4.69, 9.17) is 15.2 Å². The molecule has 0 atom stereocenters. The average Bonchev–Trinajstić information content (AvgIpc) is 2.20. The van der Waals surface area contributed by atoms with Crippen LogP contribution in [0.5, 0.6) is 5.75 Å². The molecule has 1 rings (SSSR count). The fourth-order valence-corrected chi connectivity index (χ4v) is 1.18. The molecule has 82 valence electrons. The van der Waals surface area contributed by atoms with E-state index >= 15 is 0 Å². The Labute approximate surface area is 89.0 Å². The third kappa shape index (κ3) is 3.25. The normalized spacial score (nSPS) is 10.0. The standard InChI is InChI=1S/C11H15NO3/c1-8(13)10-7-9(12)3-4-11(10)15-6-5-14-2/h3-4,7H,5-6,12H2,1-2H3. The maximum absolute atomic E-state index is 11.3. The fourth-order valence-electron chi connectivity index (χ4n) is 1.18. The lowest BCUT2D eigenvalue weighted by Crippen LogP contribution is -2.07. The van der Waals surface area contributed by atoms with E-state index in [1.54, 1.807) is 25.3 Å². The molecule has 0 aliphatic carbocycles. The molecule has 0 spiro atoms. The second kappa shape index (κ2) is 5.36. The number of hydrogen-bond donors (Lipinski definition) is 1. The molecule has 0 bridgehead atoms. The van der Waals surface area contributed by atoms with E-state index in [2.05, 4.69) is 0 Å². The lowest BCUT2D eigenvalue weighted by Gasteiger charge is -2.09. The van der Waals surface area contributed by atoms with Gasteiger partial charge in [-0.2, -0.15) is 0 Å². The van der Waals surface area contributed by atoms with E-state index in [-0.39, 0.29) is 5.78 Å². The smallest absolute Gasteiger partial charge is 0.163 e. The van der Waals surface area contributed by atoms with Gasteiger partial charge in [-0.1, -0.05) is 0 Å². The number of carbonyl (C=O) groups is 1. The van der Waals surface area contributed by atoms with Crippen molar-refractivity contribution in [3.8, 4) is 5.75 Å². The van der Waals surface area contributed by atoms with E-state index in [1.165, 1.54) is 6.92 Å². The molecular formula is C11H15NO3. The molecule has 0 aromatic heterocycles. The van der Waals surface area contributed by atoms with Crippen molar-refractivity contribution in [2.75, 3.05) is 26.1 Å². The van der Waals surface area contributed by atoms with Gasteiger partial charge in [-0.3, -0.25) is 4.79 Å². The zero-order chi connectivity index (χ0) is 11.3. The molecule has 15 heavy (non-hydrogen) atoms. The minimum atomic E-state index is -0.0604. The summed E-state index contributed by atoms with van der Waals surface area (Å²) in [7, 11) is 1.60. The van der Waals surface area contributed by atoms with E-state index in [1.807, 2.05) is 0 Å². The summed E-state index contributed by atoms with van der Waals surface area (Å²) in [6, 6.07) is 5.01. The second-order valence-corrected chi connectivity index (χ2v) is 3.15. The van der Waals surface area contributed by atoms with Crippen LogP contribution < -0.4 is 10.5 Å². The Balaban J connectivity index is 2.81. The van der Waals surface area contributed by atoms with Crippen LogP contribution in [-0.2, 0) is 4.74 Å². The Morgan fingerprint density at radius 2 is 2.13 bits per heavy atom. The quantitative estimate of drug-likeness (QED) is 0.453. The average molecular weight is 209 g/mol. The number of Topliss-reactive ketones (excluding diaryl/α,β-unsaturated/α-hetero) is 1. The minimum Gasteiger partial charge on any atom is -0.490 e. The molecule has 4 nitrogen and oxygen atoms in total. The van der Waals surface area contributed by atoms with Gasteiger partial charge in [0.15, 0.2) is 5.78 Å². The summed E-state index contributed by atoms with van der Waals surface area (Å²) in [6.45, 7) is 2.39. The number of nitrogens with two attached hydrogens (primary N) is 1. The third-order valence-electron chi connectivity index (χ3n) is 1.93. The van der Waals surface area contributed by atoms with Gasteiger partial charge >= 0.3 is 0 Å². The van der Waals surface area contributed by atoms with Crippen molar-refractivity contribution in [3.05, 3.63) is 23.8 Å². The van der Waals surface area contributed by atoms with Gasteiger partial charge in [0, 0.05) is 12.8 Å². The van der Waals surface area contributed by atoms with Crippen LogP contribution in [0.25, 0.3) is 0 Å². The molecule has 4 heteroatoms. The highest BCUT2D eigenvalue weighted by atomic mass is 16.5. The van der Waals surface area contributed by atoms with Crippen molar-refractivity contribution in [1.82, 2.24) is 0 Å².